The molecule has 1 heterocycles. The SMILES string of the molecule is [CH2-]c1[c-]ccnn1.[Y].[Y]. The molecule has 2 nitrogen and oxygen atoms in total. The van der Waals surface area contributed by atoms with Gasteiger partial charge in [0, 0.05) is 71.6 Å². The van der Waals surface area contributed by atoms with Crippen LogP contribution in [0.3, 0.4) is 0 Å². The van der Waals surface area contributed by atoms with E-state index in [1.165, 1.54) is 0 Å². The third-order valence-corrected chi connectivity index (χ3v) is 0.570. The molecule has 1 aromatic rings. The van der Waals surface area contributed by atoms with Gasteiger partial charge in [0.15, 0.2) is 0 Å². The second-order valence-electron chi connectivity index (χ2n) is 1.12. The van der Waals surface area contributed by atoms with Gasteiger partial charge in [0.05, 0.1) is 0 Å². The molecule has 9 heavy (non-hydrogen) atoms. The minimum Gasteiger partial charge on any atom is -0.478 e. The zero-order valence-corrected chi connectivity index (χ0v) is 10.6. The van der Waals surface area contributed by atoms with Crippen molar-refractivity contribution < 1.29 is 65.4 Å². The maximum atomic E-state index is 3.56. The van der Waals surface area contributed by atoms with Crippen molar-refractivity contribution >= 4 is 0 Å². The first-order valence-electron chi connectivity index (χ1n) is 1.91. The Hall–Kier alpha value is 1.16. The van der Waals surface area contributed by atoms with Gasteiger partial charge in [-0.1, -0.05) is 0 Å². The molecule has 0 spiro atoms. The Morgan fingerprint density at radius 2 is 2.11 bits per heavy atom. The van der Waals surface area contributed by atoms with Crippen molar-refractivity contribution in [3.05, 3.63) is 30.9 Å². The summed E-state index contributed by atoms with van der Waals surface area (Å²) in [6, 6.07) is 4.42. The van der Waals surface area contributed by atoms with E-state index >= 15 is 0 Å². The first-order chi connectivity index (χ1) is 3.39. The third-order valence-electron chi connectivity index (χ3n) is 0.570. The van der Waals surface area contributed by atoms with E-state index in [4.69, 9.17) is 0 Å². The molecule has 0 aliphatic heterocycles. The van der Waals surface area contributed by atoms with Crippen LogP contribution in [0.1, 0.15) is 5.69 Å². The summed E-state index contributed by atoms with van der Waals surface area (Å²) in [6.07, 6.45) is 1.56. The number of nitrogens with zero attached hydrogens (tertiary/aromatic N) is 2. The van der Waals surface area contributed by atoms with E-state index in [1.807, 2.05) is 0 Å². The third kappa shape index (κ3) is 5.59. The van der Waals surface area contributed by atoms with Crippen LogP contribution in [-0.4, -0.2) is 10.2 Å². The topological polar surface area (TPSA) is 25.8 Å². The van der Waals surface area contributed by atoms with Gasteiger partial charge in [-0.3, -0.25) is 5.69 Å². The van der Waals surface area contributed by atoms with Crippen LogP contribution < -0.4 is 0 Å². The summed E-state index contributed by atoms with van der Waals surface area (Å²) in [4.78, 5) is 0. The molecular weight excluding hydrogens is 266 g/mol. The van der Waals surface area contributed by atoms with Crippen LogP contribution >= 0.6 is 0 Å². The monoisotopic (exact) mass is 270 g/mol. The maximum Gasteiger partial charge on any atom is 0.0148 e. The Labute approximate surface area is 105 Å². The standard InChI is InChI=1S/C5H4N2.2Y/c1-5-3-2-4-6-7-5;;/h2,4H,1H2;;/q-2;;. The van der Waals surface area contributed by atoms with E-state index in [-0.39, 0.29) is 65.4 Å². The van der Waals surface area contributed by atoms with E-state index in [2.05, 4.69) is 23.2 Å². The summed E-state index contributed by atoms with van der Waals surface area (Å²) in [7, 11) is 0. The van der Waals surface area contributed by atoms with Crippen LogP contribution in [0.15, 0.2) is 12.3 Å². The molecule has 0 fully saturated rings. The van der Waals surface area contributed by atoms with Gasteiger partial charge >= 0.3 is 0 Å². The summed E-state index contributed by atoms with van der Waals surface area (Å²) >= 11 is 0. The fourth-order valence-electron chi connectivity index (χ4n) is 0.299. The minimum absolute atomic E-state index is 0. The predicted molar refractivity (Wildman–Crippen MR) is 25.3 cm³/mol. The van der Waals surface area contributed by atoms with Gasteiger partial charge in [-0.2, -0.15) is 5.10 Å². The van der Waals surface area contributed by atoms with Crippen molar-refractivity contribution in [1.29, 1.82) is 0 Å². The fourth-order valence-corrected chi connectivity index (χ4v) is 0.299. The summed E-state index contributed by atoms with van der Waals surface area (Å²) in [5, 5.41) is 7.10. The number of hydrogen-bond donors (Lipinski definition) is 0. The molecule has 0 aromatic carbocycles. The van der Waals surface area contributed by atoms with Gasteiger partial charge in [-0.15, -0.1) is 0 Å². The average Bonchev–Trinajstić information content (AvgIpc) is 1.69. The van der Waals surface area contributed by atoms with Gasteiger partial charge in [-0.05, 0) is 0 Å². The summed E-state index contributed by atoms with van der Waals surface area (Å²) in [6.45, 7) is 3.49. The molecule has 0 aliphatic rings. The van der Waals surface area contributed by atoms with E-state index in [1.54, 1.807) is 12.3 Å². The van der Waals surface area contributed by atoms with Crippen LogP contribution in [-0.2, 0) is 65.4 Å². The quantitative estimate of drug-likeness (QED) is 0.640. The van der Waals surface area contributed by atoms with E-state index in [0.717, 1.165) is 0 Å². The Morgan fingerprint density at radius 3 is 2.33 bits per heavy atom. The van der Waals surface area contributed by atoms with Crippen molar-refractivity contribution in [2.45, 2.75) is 0 Å². The van der Waals surface area contributed by atoms with Crippen molar-refractivity contribution in [3.8, 4) is 0 Å². The minimum atomic E-state index is 0. The predicted octanol–water partition coefficient (Wildman–Crippen LogP) is 0.454. The smallest absolute Gasteiger partial charge is 0.0148 e. The fraction of sp³-hybridized carbons (Fsp3) is 0. The molecule has 0 amide bonds. The van der Waals surface area contributed by atoms with Gasteiger partial charge < -0.3 is 13.0 Å². The summed E-state index contributed by atoms with van der Waals surface area (Å²) in [5.41, 5.74) is 0.586. The van der Waals surface area contributed by atoms with Gasteiger partial charge in [0.25, 0.3) is 0 Å². The average molecular weight is 270 g/mol. The first-order valence-corrected chi connectivity index (χ1v) is 1.91. The number of hydrogen-bond acceptors (Lipinski definition) is 2. The van der Waals surface area contributed by atoms with Gasteiger partial charge in [0.1, 0.15) is 0 Å². The van der Waals surface area contributed by atoms with Gasteiger partial charge in [-0.25, -0.2) is 11.2 Å². The molecular formula is C5H4N2Y2-2. The molecule has 4 heteroatoms. The number of aromatic nitrogens is 2. The second kappa shape index (κ2) is 7.27. The van der Waals surface area contributed by atoms with E-state index < -0.39 is 0 Å². The van der Waals surface area contributed by atoms with E-state index in [9.17, 15) is 0 Å². The summed E-state index contributed by atoms with van der Waals surface area (Å²) in [5.74, 6) is 0. The molecule has 0 aliphatic carbocycles. The largest absolute Gasteiger partial charge is 0.478 e. The molecule has 0 unspecified atom stereocenters. The molecule has 0 N–H and O–H groups in total. The Kier molecular flexibility index (Phi) is 10.3. The van der Waals surface area contributed by atoms with Gasteiger partial charge in [0.2, 0.25) is 0 Å². The van der Waals surface area contributed by atoms with Crippen LogP contribution in [0.2, 0.25) is 0 Å². The Bertz CT molecular complexity index is 143. The Morgan fingerprint density at radius 1 is 1.44 bits per heavy atom. The van der Waals surface area contributed by atoms with Crippen molar-refractivity contribution in [2.75, 3.05) is 0 Å². The molecule has 0 atom stereocenters. The van der Waals surface area contributed by atoms with Crippen LogP contribution in [0, 0.1) is 13.0 Å². The Balaban J connectivity index is 0. The zero-order valence-electron chi connectivity index (χ0n) is 4.91. The van der Waals surface area contributed by atoms with E-state index in [0.29, 0.717) is 5.69 Å². The molecule has 42 valence electrons. The first kappa shape index (κ1) is 12.8. The molecule has 2 radical (unpaired) electrons. The van der Waals surface area contributed by atoms with Crippen molar-refractivity contribution in [1.82, 2.24) is 10.2 Å². The molecule has 1 rings (SSSR count). The molecule has 1 aromatic heterocycles. The molecule has 0 bridgehead atoms. The van der Waals surface area contributed by atoms with Crippen molar-refractivity contribution in [2.24, 2.45) is 0 Å². The van der Waals surface area contributed by atoms with Crippen LogP contribution in [0.4, 0.5) is 0 Å². The van der Waals surface area contributed by atoms with Crippen LogP contribution in [0.25, 0.3) is 0 Å². The normalized spacial score (nSPS) is 6.67. The zero-order chi connectivity index (χ0) is 5.11. The maximum absolute atomic E-state index is 3.56. The summed E-state index contributed by atoms with van der Waals surface area (Å²) < 4.78 is 0. The van der Waals surface area contributed by atoms with Crippen molar-refractivity contribution in [3.63, 3.8) is 0 Å². The molecule has 0 saturated carbocycles. The second-order valence-corrected chi connectivity index (χ2v) is 1.12. The van der Waals surface area contributed by atoms with Crippen LogP contribution in [0.5, 0.6) is 0 Å². The number of rotatable bonds is 0. The molecule has 0 saturated heterocycles.